The highest BCUT2D eigenvalue weighted by Crippen LogP contribution is 2.55. The third kappa shape index (κ3) is 9.48. The number of nitrogens with zero attached hydrogens (tertiary/aromatic N) is 2. The summed E-state index contributed by atoms with van der Waals surface area (Å²) in [5.41, 5.74) is 7.15. The van der Waals surface area contributed by atoms with Crippen molar-refractivity contribution in [3.05, 3.63) is 125 Å². The van der Waals surface area contributed by atoms with Gasteiger partial charge in [-0.25, -0.2) is 0 Å². The van der Waals surface area contributed by atoms with Crippen molar-refractivity contribution >= 4 is 17.7 Å². The minimum Gasteiger partial charge on any atom is -0.508 e. The number of aliphatic hydroxyl groups is 2. The molecule has 1 saturated carbocycles. The molecule has 4 aliphatic rings. The number of anilines is 1. The second kappa shape index (κ2) is 19.5. The van der Waals surface area contributed by atoms with E-state index in [1.807, 2.05) is 36.4 Å². The Balaban J connectivity index is 1.17. The second-order valence-corrected chi connectivity index (χ2v) is 17.9. The fourth-order valence-corrected chi connectivity index (χ4v) is 9.74. The van der Waals surface area contributed by atoms with Crippen LogP contribution in [0.25, 0.3) is 17.2 Å². The van der Waals surface area contributed by atoms with E-state index in [2.05, 4.69) is 59.3 Å². The summed E-state index contributed by atoms with van der Waals surface area (Å²) < 4.78 is 26.5. The number of aromatic hydroxyl groups is 1. The van der Waals surface area contributed by atoms with Crippen molar-refractivity contribution in [2.75, 3.05) is 51.5 Å². The van der Waals surface area contributed by atoms with Crippen LogP contribution in [0.3, 0.4) is 0 Å². The lowest BCUT2D eigenvalue weighted by molar-refractivity contribution is 0.170. The predicted molar refractivity (Wildman–Crippen MR) is 253 cm³/mol. The number of aliphatic hydroxyl groups excluding tert-OH is 2. The van der Waals surface area contributed by atoms with Crippen molar-refractivity contribution in [1.29, 1.82) is 0 Å². The Morgan fingerprint density at radius 1 is 0.969 bits per heavy atom. The molecular formula is C54H59N3O8. The van der Waals surface area contributed by atoms with Crippen LogP contribution in [0, 0.1) is 11.8 Å². The summed E-state index contributed by atoms with van der Waals surface area (Å²) in [6, 6.07) is 27.3. The number of nitrogens with one attached hydrogen (secondary N) is 1. The van der Waals surface area contributed by atoms with Crippen molar-refractivity contribution in [3.8, 4) is 51.7 Å². The number of phenolic OH excluding ortho intramolecular Hbond substituents is 1. The van der Waals surface area contributed by atoms with Crippen molar-refractivity contribution in [2.45, 2.75) is 87.9 Å². The summed E-state index contributed by atoms with van der Waals surface area (Å²) in [6.45, 7) is 4.69. The number of carbonyl (C=O) groups excluding carboxylic acids is 1. The number of rotatable bonds is 14. The van der Waals surface area contributed by atoms with Gasteiger partial charge in [0.25, 0.3) is 0 Å². The lowest BCUT2D eigenvalue weighted by Gasteiger charge is -2.41. The molecule has 3 aliphatic heterocycles. The van der Waals surface area contributed by atoms with Gasteiger partial charge in [-0.1, -0.05) is 128 Å². The molecule has 0 radical (unpaired) electrons. The first-order valence-corrected chi connectivity index (χ1v) is 23.0. The Kier molecular flexibility index (Phi) is 13.2. The molecule has 338 valence electrons. The van der Waals surface area contributed by atoms with Gasteiger partial charge in [0, 0.05) is 19.4 Å². The molecule has 2 fully saturated rings. The molecule has 4 unspecified atom stereocenters. The first-order valence-electron chi connectivity index (χ1n) is 23.0. The molecule has 1 saturated heterocycles. The average molecular weight is 878 g/mol. The lowest BCUT2D eigenvalue weighted by Crippen LogP contribution is -2.50. The van der Waals surface area contributed by atoms with Gasteiger partial charge in [-0.3, -0.25) is 4.79 Å². The van der Waals surface area contributed by atoms with Crippen molar-refractivity contribution in [2.24, 2.45) is 0 Å². The van der Waals surface area contributed by atoms with Crippen LogP contribution in [0.1, 0.15) is 97.4 Å². The van der Waals surface area contributed by atoms with E-state index < -0.39 is 18.1 Å². The summed E-state index contributed by atoms with van der Waals surface area (Å²) in [7, 11) is 1.54. The summed E-state index contributed by atoms with van der Waals surface area (Å²) in [6.07, 6.45) is 8.04. The fraction of sp³-hybridized carbons (Fsp3) is 0.389. The standard InChI is InChI=1S/C54H58N3O8/c1-54(23-6-7-24-54)46-32-43-38-13-8-12-36(30-38)31-39(15-18-40-34-57(26-25-55-40)53(43)56-46)47-49-48(44(61)33-45(65-49)37-16-20-41(59)21-17-37)51(52(62-2)50(47)63-28-9-27-58)64-29-22-42(60)19-14-35-10-4-3-5-11-35/h3-5,8,10-14,16-17,19-21,30,32,39-40,42,45,55,58-60H,6-7,9,22-29,31,33-34H2,1-2H3/q-1/p+1. The van der Waals surface area contributed by atoms with E-state index in [0.717, 1.165) is 59.6 Å². The number of aromatic nitrogens is 1. The van der Waals surface area contributed by atoms with Crippen LogP contribution in [0.15, 0.2) is 91.0 Å². The smallest absolute Gasteiger partial charge is 0.335 e. The van der Waals surface area contributed by atoms with Gasteiger partial charge in [-0.15, -0.1) is 0 Å². The molecule has 11 nitrogen and oxygen atoms in total. The highest BCUT2D eigenvalue weighted by Gasteiger charge is 2.43. The molecule has 1 aliphatic carbocycles. The van der Waals surface area contributed by atoms with Crippen molar-refractivity contribution in [3.63, 3.8) is 0 Å². The molecule has 4 heterocycles. The number of hydrogen-bond acceptors (Lipinski definition) is 9. The van der Waals surface area contributed by atoms with Gasteiger partial charge in [0.2, 0.25) is 5.75 Å². The Labute approximate surface area is 381 Å². The van der Waals surface area contributed by atoms with Crippen LogP contribution >= 0.6 is 0 Å². The molecule has 5 N–H and O–H groups in total. The highest BCUT2D eigenvalue weighted by molar-refractivity contribution is 6.05. The van der Waals surface area contributed by atoms with E-state index in [9.17, 15) is 20.1 Å². The Morgan fingerprint density at radius 2 is 1.77 bits per heavy atom. The Bertz CT molecular complexity index is 2570. The van der Waals surface area contributed by atoms with Crippen molar-refractivity contribution < 1.29 is 39.1 Å². The number of hydrogen-bond donors (Lipinski definition) is 4. The van der Waals surface area contributed by atoms with E-state index in [4.69, 9.17) is 23.9 Å². The summed E-state index contributed by atoms with van der Waals surface area (Å²) in [4.78, 5) is 20.0. The first-order chi connectivity index (χ1) is 31.7. The largest absolute Gasteiger partial charge is 0.508 e. The quantitative estimate of drug-likeness (QED) is 0.0492. The molecule has 0 spiro atoms. The van der Waals surface area contributed by atoms with E-state index in [1.165, 1.54) is 25.6 Å². The van der Waals surface area contributed by atoms with Gasteiger partial charge < -0.3 is 49.5 Å². The van der Waals surface area contributed by atoms with Crippen LogP contribution in [-0.2, 0) is 11.8 Å². The molecule has 4 atom stereocenters. The SMILES string of the molecule is COc1c(OCCC(O)C=Cc2ccccc2)c2c(c(C3C#CC4CN(CCN4)c4[n-]c(C5(C)CCCC5)cc4-c4cccc(c4)C3)c1OCCCO)OC(c1ccc(O)cc1)CC2=[OH+]. The predicted octanol–water partition coefficient (Wildman–Crippen LogP) is 8.00. The maximum atomic E-state index is 12.2. The zero-order valence-electron chi connectivity index (χ0n) is 37.3. The number of phenols is 1. The van der Waals surface area contributed by atoms with Crippen LogP contribution in [0.5, 0.6) is 28.7 Å². The highest BCUT2D eigenvalue weighted by atomic mass is 16.5. The zero-order valence-corrected chi connectivity index (χ0v) is 37.3. The summed E-state index contributed by atoms with van der Waals surface area (Å²) >= 11 is 0. The Hall–Kier alpha value is -6.19. The van der Waals surface area contributed by atoms with Crippen LogP contribution in [-0.4, -0.2) is 84.6 Å². The van der Waals surface area contributed by atoms with E-state index in [1.54, 1.807) is 30.3 Å². The van der Waals surface area contributed by atoms with Gasteiger partial charge in [-0.05, 0) is 84.3 Å². The number of benzene rings is 4. The topological polar surface area (TPSA) is 148 Å². The molecule has 0 amide bonds. The first kappa shape index (κ1) is 44.0. The number of ketones is 1. The van der Waals surface area contributed by atoms with Gasteiger partial charge in [0.1, 0.15) is 24.0 Å². The lowest BCUT2D eigenvalue weighted by atomic mass is 9.84. The third-order valence-corrected chi connectivity index (χ3v) is 13.3. The molecule has 65 heavy (non-hydrogen) atoms. The maximum Gasteiger partial charge on any atom is 0.335 e. The summed E-state index contributed by atoms with van der Waals surface area (Å²) in [5.74, 6) is 9.11. The van der Waals surface area contributed by atoms with E-state index in [-0.39, 0.29) is 67.2 Å². The average Bonchev–Trinajstić information content (AvgIpc) is 3.99. The van der Waals surface area contributed by atoms with E-state index >= 15 is 0 Å². The minimum atomic E-state index is -0.812. The zero-order chi connectivity index (χ0) is 44.9. The number of ether oxygens (including phenoxy) is 4. The van der Waals surface area contributed by atoms with Crippen molar-refractivity contribution in [1.82, 2.24) is 10.3 Å². The molecule has 1 aromatic heterocycles. The monoisotopic (exact) mass is 877 g/mol. The van der Waals surface area contributed by atoms with Gasteiger partial charge >= 0.3 is 5.78 Å². The van der Waals surface area contributed by atoms with Crippen LogP contribution in [0.2, 0.25) is 0 Å². The minimum absolute atomic E-state index is 0.0287. The van der Waals surface area contributed by atoms with Gasteiger partial charge in [-0.2, -0.15) is 0 Å². The second-order valence-electron chi connectivity index (χ2n) is 17.9. The molecule has 4 bridgehead atoms. The fourth-order valence-electron chi connectivity index (χ4n) is 9.74. The maximum absolute atomic E-state index is 12.2. The number of piperazine rings is 1. The molecule has 5 aromatic rings. The normalized spacial score (nSPS) is 20.3. The molecule has 9 rings (SSSR count). The molecular weight excluding hydrogens is 819 g/mol. The number of methoxy groups -OCH3 is 1. The van der Waals surface area contributed by atoms with Crippen LogP contribution in [0.4, 0.5) is 5.82 Å². The summed E-state index contributed by atoms with van der Waals surface area (Å²) in [5, 5.41) is 34.8. The van der Waals surface area contributed by atoms with Crippen LogP contribution < -0.4 is 34.1 Å². The van der Waals surface area contributed by atoms with Gasteiger partial charge in [0.15, 0.2) is 17.1 Å². The Morgan fingerprint density at radius 3 is 2.55 bits per heavy atom. The third-order valence-electron chi connectivity index (χ3n) is 13.3. The van der Waals surface area contributed by atoms with E-state index in [0.29, 0.717) is 42.0 Å². The van der Waals surface area contributed by atoms with Gasteiger partial charge in [0.05, 0.1) is 44.0 Å². The molecule has 4 aromatic carbocycles. The number of fused-ring (bicyclic) bond motifs is 8. The molecule has 11 heteroatoms.